The first-order valence-corrected chi connectivity index (χ1v) is 5.93. The number of nitrogens with zero attached hydrogens (tertiary/aromatic N) is 1. The maximum Gasteiger partial charge on any atom is 0.233 e. The Morgan fingerprint density at radius 3 is 2.38 bits per heavy atom. The highest BCUT2D eigenvalue weighted by Crippen LogP contribution is 2.35. The van der Waals surface area contributed by atoms with Gasteiger partial charge in [-0.05, 0) is 19.8 Å². The first-order chi connectivity index (χ1) is 7.67. The maximum atomic E-state index is 12.1. The van der Waals surface area contributed by atoms with Crippen LogP contribution in [0.15, 0.2) is 5.16 Å². The summed E-state index contributed by atoms with van der Waals surface area (Å²) in [5, 5.41) is 14.7. The number of carbonyl (C=O) groups is 1. The summed E-state index contributed by atoms with van der Waals surface area (Å²) in [5.74, 6) is -0.0486. The van der Waals surface area contributed by atoms with E-state index in [0.717, 1.165) is 25.7 Å². The lowest BCUT2D eigenvalue weighted by Crippen LogP contribution is -2.49. The number of carbonyl (C=O) groups excluding carboxylic acids is 1. The molecule has 4 N–H and O–H groups in total. The van der Waals surface area contributed by atoms with Crippen LogP contribution in [-0.2, 0) is 4.79 Å². The van der Waals surface area contributed by atoms with Gasteiger partial charge in [0.2, 0.25) is 5.91 Å². The second kappa shape index (κ2) is 5.72. The van der Waals surface area contributed by atoms with E-state index in [1.54, 1.807) is 0 Å². The number of amides is 1. The molecule has 1 aliphatic rings. The fraction of sp³-hybridized carbons (Fsp3) is 0.818. The summed E-state index contributed by atoms with van der Waals surface area (Å²) >= 11 is 0. The Labute approximate surface area is 96.1 Å². The predicted octanol–water partition coefficient (Wildman–Crippen LogP) is 1.21. The highest BCUT2D eigenvalue weighted by molar-refractivity contribution is 6.06. The van der Waals surface area contributed by atoms with E-state index >= 15 is 0 Å². The standard InChI is InChI=1S/C11H21N3O2/c1-2-13-10(15)11(9(12)14-16)7-5-3-4-6-8-11/h16H,2-8H2,1H3,(H2,12,14)(H,13,15). The quantitative estimate of drug-likeness (QED) is 0.223. The minimum absolute atomic E-state index is 0.0559. The molecule has 0 aromatic carbocycles. The zero-order valence-corrected chi connectivity index (χ0v) is 9.83. The van der Waals surface area contributed by atoms with Gasteiger partial charge in [-0.1, -0.05) is 30.8 Å². The zero-order valence-electron chi connectivity index (χ0n) is 9.83. The smallest absolute Gasteiger partial charge is 0.233 e. The number of hydrogen-bond donors (Lipinski definition) is 3. The highest BCUT2D eigenvalue weighted by atomic mass is 16.4. The summed E-state index contributed by atoms with van der Waals surface area (Å²) < 4.78 is 0. The van der Waals surface area contributed by atoms with Crippen molar-refractivity contribution in [2.75, 3.05) is 6.54 Å². The Bertz CT molecular complexity index is 268. The van der Waals surface area contributed by atoms with E-state index in [9.17, 15) is 4.79 Å². The van der Waals surface area contributed by atoms with E-state index in [4.69, 9.17) is 10.9 Å². The van der Waals surface area contributed by atoms with Crippen LogP contribution in [-0.4, -0.2) is 23.5 Å². The lowest BCUT2D eigenvalue weighted by atomic mass is 9.78. The van der Waals surface area contributed by atoms with E-state index in [1.165, 1.54) is 0 Å². The third-order valence-corrected chi connectivity index (χ3v) is 3.33. The predicted molar refractivity (Wildman–Crippen MR) is 62.2 cm³/mol. The molecule has 0 atom stereocenters. The fourth-order valence-corrected chi connectivity index (χ4v) is 2.36. The second-order valence-electron chi connectivity index (χ2n) is 4.34. The molecule has 92 valence electrons. The molecule has 1 saturated carbocycles. The van der Waals surface area contributed by atoms with E-state index < -0.39 is 5.41 Å². The van der Waals surface area contributed by atoms with E-state index in [0.29, 0.717) is 19.4 Å². The Morgan fingerprint density at radius 2 is 1.94 bits per heavy atom. The molecule has 0 saturated heterocycles. The van der Waals surface area contributed by atoms with Gasteiger partial charge in [0.25, 0.3) is 0 Å². The van der Waals surface area contributed by atoms with Gasteiger partial charge in [-0.25, -0.2) is 0 Å². The summed E-state index contributed by atoms with van der Waals surface area (Å²) in [6.45, 7) is 2.44. The van der Waals surface area contributed by atoms with Gasteiger partial charge >= 0.3 is 0 Å². The Balaban J connectivity index is 2.94. The van der Waals surface area contributed by atoms with Crippen molar-refractivity contribution in [3.63, 3.8) is 0 Å². The lowest BCUT2D eigenvalue weighted by molar-refractivity contribution is -0.128. The van der Waals surface area contributed by atoms with Gasteiger partial charge in [-0.15, -0.1) is 0 Å². The number of amidine groups is 1. The van der Waals surface area contributed by atoms with E-state index in [2.05, 4.69) is 10.5 Å². The minimum atomic E-state index is -0.790. The number of rotatable bonds is 3. The molecule has 0 bridgehead atoms. The third kappa shape index (κ3) is 2.46. The van der Waals surface area contributed by atoms with E-state index in [-0.39, 0.29) is 11.7 Å². The average molecular weight is 227 g/mol. The molecule has 0 heterocycles. The Morgan fingerprint density at radius 1 is 1.38 bits per heavy atom. The summed E-state index contributed by atoms with van der Waals surface area (Å²) in [6.07, 6.45) is 5.48. The molecular weight excluding hydrogens is 206 g/mol. The molecule has 0 aliphatic heterocycles. The van der Waals surface area contributed by atoms with Gasteiger partial charge in [-0.3, -0.25) is 4.79 Å². The normalized spacial score (nSPS) is 21.2. The monoisotopic (exact) mass is 227 g/mol. The summed E-state index contributed by atoms with van der Waals surface area (Å²) in [7, 11) is 0. The molecule has 1 rings (SSSR count). The third-order valence-electron chi connectivity index (χ3n) is 3.33. The van der Waals surface area contributed by atoms with Crippen molar-refractivity contribution < 1.29 is 10.0 Å². The van der Waals surface area contributed by atoms with Crippen molar-refractivity contribution in [2.45, 2.75) is 45.4 Å². The number of nitrogens with two attached hydrogens (primary N) is 1. The van der Waals surface area contributed by atoms with Crippen LogP contribution in [0.1, 0.15) is 45.4 Å². The lowest BCUT2D eigenvalue weighted by Gasteiger charge is -2.29. The number of oxime groups is 1. The first kappa shape index (κ1) is 12.8. The summed E-state index contributed by atoms with van der Waals surface area (Å²) in [5.41, 5.74) is 4.93. The van der Waals surface area contributed by atoms with Crippen molar-refractivity contribution in [1.82, 2.24) is 5.32 Å². The van der Waals surface area contributed by atoms with Gasteiger partial charge in [0.05, 0.1) is 0 Å². The van der Waals surface area contributed by atoms with Gasteiger partial charge in [0.1, 0.15) is 5.41 Å². The number of nitrogens with one attached hydrogen (secondary N) is 1. The molecule has 0 aromatic rings. The molecule has 1 aliphatic carbocycles. The maximum absolute atomic E-state index is 12.1. The molecular formula is C11H21N3O2. The first-order valence-electron chi connectivity index (χ1n) is 5.93. The van der Waals surface area contributed by atoms with Crippen LogP contribution in [0, 0.1) is 5.41 Å². The highest BCUT2D eigenvalue weighted by Gasteiger charge is 2.42. The fourth-order valence-electron chi connectivity index (χ4n) is 2.36. The van der Waals surface area contributed by atoms with Crippen LogP contribution >= 0.6 is 0 Å². The van der Waals surface area contributed by atoms with Crippen LogP contribution in [0.25, 0.3) is 0 Å². The summed E-state index contributed by atoms with van der Waals surface area (Å²) in [4.78, 5) is 12.1. The van der Waals surface area contributed by atoms with Gasteiger partial charge < -0.3 is 16.3 Å². The van der Waals surface area contributed by atoms with Crippen LogP contribution in [0.3, 0.4) is 0 Å². The second-order valence-corrected chi connectivity index (χ2v) is 4.34. The molecule has 0 aromatic heterocycles. The van der Waals surface area contributed by atoms with Crippen LogP contribution in [0.4, 0.5) is 0 Å². The Kier molecular flexibility index (Phi) is 4.58. The minimum Gasteiger partial charge on any atom is -0.409 e. The molecule has 16 heavy (non-hydrogen) atoms. The molecule has 0 spiro atoms. The Hall–Kier alpha value is -1.26. The molecule has 1 amide bonds. The van der Waals surface area contributed by atoms with Gasteiger partial charge in [-0.2, -0.15) is 0 Å². The molecule has 0 radical (unpaired) electrons. The van der Waals surface area contributed by atoms with Crippen molar-refractivity contribution >= 4 is 11.7 Å². The summed E-state index contributed by atoms with van der Waals surface area (Å²) in [6, 6.07) is 0. The van der Waals surface area contributed by atoms with Gasteiger partial charge in [0.15, 0.2) is 5.84 Å². The molecule has 0 unspecified atom stereocenters. The van der Waals surface area contributed by atoms with E-state index in [1.807, 2.05) is 6.92 Å². The number of hydrogen-bond acceptors (Lipinski definition) is 3. The molecule has 5 nitrogen and oxygen atoms in total. The van der Waals surface area contributed by atoms with Crippen molar-refractivity contribution in [1.29, 1.82) is 0 Å². The topological polar surface area (TPSA) is 87.7 Å². The molecule has 1 fully saturated rings. The van der Waals surface area contributed by atoms with Crippen molar-refractivity contribution in [3.8, 4) is 0 Å². The van der Waals surface area contributed by atoms with Crippen LogP contribution in [0.5, 0.6) is 0 Å². The zero-order chi connectivity index (χ0) is 12.0. The average Bonchev–Trinajstić information content (AvgIpc) is 2.54. The van der Waals surface area contributed by atoms with Crippen LogP contribution in [0.2, 0.25) is 0 Å². The molecule has 5 heteroatoms. The van der Waals surface area contributed by atoms with Crippen molar-refractivity contribution in [2.24, 2.45) is 16.3 Å². The SMILES string of the molecule is CCNC(=O)C1(C(N)=NO)CCCCCC1. The van der Waals surface area contributed by atoms with Gasteiger partial charge in [0, 0.05) is 6.54 Å². The van der Waals surface area contributed by atoms with Crippen molar-refractivity contribution in [3.05, 3.63) is 0 Å². The van der Waals surface area contributed by atoms with Crippen LogP contribution < -0.4 is 11.1 Å². The largest absolute Gasteiger partial charge is 0.409 e.